The van der Waals surface area contributed by atoms with Crippen LogP contribution in [0.5, 0.6) is 17.2 Å². The molecule has 5 rings (SSSR count). The Morgan fingerprint density at radius 2 is 1.68 bits per heavy atom. The molecule has 0 radical (unpaired) electrons. The molecule has 0 atom stereocenters. The van der Waals surface area contributed by atoms with Gasteiger partial charge in [-0.05, 0) is 48.9 Å². The van der Waals surface area contributed by atoms with Crippen LogP contribution < -0.4 is 26.6 Å². The van der Waals surface area contributed by atoms with E-state index in [1.54, 1.807) is 22.8 Å². The molecule has 0 aliphatic heterocycles. The minimum absolute atomic E-state index is 0.0533. The number of para-hydroxylation sites is 1. The van der Waals surface area contributed by atoms with Gasteiger partial charge in [0, 0.05) is 17.8 Å². The van der Waals surface area contributed by atoms with Crippen LogP contribution in [0.1, 0.15) is 5.56 Å². The van der Waals surface area contributed by atoms with Gasteiger partial charge in [-0.3, -0.25) is 4.57 Å². The third-order valence-corrected chi connectivity index (χ3v) is 5.40. The standard InChI is InChI=1S/C25H22N6O3/c1-15-10-19(34-18-6-4-3-5-7-18)8-9-21(15)31-22-14-28-24(27)29-23(22)30(25(31)32)17-11-16(26)12-20(13-17)33-2/h3-14H,26H2,1-2H3,(H2,27,28,29). The maximum atomic E-state index is 13.7. The summed E-state index contributed by atoms with van der Waals surface area (Å²) in [5.74, 6) is 1.95. The van der Waals surface area contributed by atoms with Gasteiger partial charge in [-0.2, -0.15) is 4.98 Å². The van der Waals surface area contributed by atoms with E-state index in [9.17, 15) is 4.79 Å². The fourth-order valence-electron chi connectivity index (χ4n) is 3.88. The third kappa shape index (κ3) is 3.69. The minimum atomic E-state index is -0.345. The van der Waals surface area contributed by atoms with Gasteiger partial charge in [-0.25, -0.2) is 14.3 Å². The number of nitrogen functional groups attached to an aromatic ring is 2. The first-order valence-electron chi connectivity index (χ1n) is 10.5. The van der Waals surface area contributed by atoms with E-state index in [-0.39, 0.29) is 11.6 Å². The molecular weight excluding hydrogens is 432 g/mol. The van der Waals surface area contributed by atoms with Crippen LogP contribution in [0.15, 0.2) is 77.7 Å². The van der Waals surface area contributed by atoms with Crippen molar-refractivity contribution < 1.29 is 9.47 Å². The molecule has 34 heavy (non-hydrogen) atoms. The summed E-state index contributed by atoms with van der Waals surface area (Å²) in [4.78, 5) is 22.2. The Labute approximate surface area is 194 Å². The monoisotopic (exact) mass is 454 g/mol. The van der Waals surface area contributed by atoms with Gasteiger partial charge < -0.3 is 20.9 Å². The molecule has 3 aromatic carbocycles. The maximum Gasteiger partial charge on any atom is 0.339 e. The molecule has 0 amide bonds. The van der Waals surface area contributed by atoms with E-state index >= 15 is 0 Å². The molecule has 0 aliphatic carbocycles. The highest BCUT2D eigenvalue weighted by atomic mass is 16.5. The van der Waals surface area contributed by atoms with Crippen LogP contribution in [-0.4, -0.2) is 26.2 Å². The Balaban J connectivity index is 1.69. The number of rotatable bonds is 5. The Morgan fingerprint density at radius 1 is 0.882 bits per heavy atom. The first kappa shape index (κ1) is 21.1. The second-order valence-electron chi connectivity index (χ2n) is 7.72. The molecule has 0 fully saturated rings. The van der Waals surface area contributed by atoms with Crippen LogP contribution in [0.2, 0.25) is 0 Å². The molecule has 4 N–H and O–H groups in total. The quantitative estimate of drug-likeness (QED) is 0.387. The van der Waals surface area contributed by atoms with Crippen molar-refractivity contribution in [2.45, 2.75) is 6.92 Å². The van der Waals surface area contributed by atoms with E-state index in [0.29, 0.717) is 39.7 Å². The number of hydrogen-bond acceptors (Lipinski definition) is 7. The molecule has 2 aromatic heterocycles. The average Bonchev–Trinajstić information content (AvgIpc) is 3.10. The van der Waals surface area contributed by atoms with Gasteiger partial charge in [0.2, 0.25) is 5.95 Å². The van der Waals surface area contributed by atoms with Crippen LogP contribution in [0, 0.1) is 6.92 Å². The van der Waals surface area contributed by atoms with E-state index in [0.717, 1.165) is 11.3 Å². The lowest BCUT2D eigenvalue weighted by molar-refractivity contribution is 0.415. The van der Waals surface area contributed by atoms with E-state index < -0.39 is 0 Å². The lowest BCUT2D eigenvalue weighted by Gasteiger charge is -2.11. The van der Waals surface area contributed by atoms with Crippen molar-refractivity contribution in [2.24, 2.45) is 0 Å². The summed E-state index contributed by atoms with van der Waals surface area (Å²) in [7, 11) is 1.53. The van der Waals surface area contributed by atoms with Crippen molar-refractivity contribution in [2.75, 3.05) is 18.6 Å². The Morgan fingerprint density at radius 3 is 2.41 bits per heavy atom. The van der Waals surface area contributed by atoms with Crippen molar-refractivity contribution in [3.8, 4) is 28.6 Å². The summed E-state index contributed by atoms with van der Waals surface area (Å²) in [5.41, 5.74) is 14.9. The molecule has 5 aromatic rings. The Hall–Kier alpha value is -4.79. The predicted octanol–water partition coefficient (Wildman–Crippen LogP) is 3.85. The average molecular weight is 454 g/mol. The first-order chi connectivity index (χ1) is 16.4. The van der Waals surface area contributed by atoms with E-state index in [2.05, 4.69) is 9.97 Å². The molecular formula is C25H22N6O3. The van der Waals surface area contributed by atoms with Crippen molar-refractivity contribution in [1.29, 1.82) is 0 Å². The summed E-state index contributed by atoms with van der Waals surface area (Å²) in [6.45, 7) is 1.91. The molecule has 9 heteroatoms. The number of aryl methyl sites for hydroxylation is 1. The normalized spacial score (nSPS) is 11.0. The number of ether oxygens (including phenoxy) is 2. The SMILES string of the molecule is COc1cc(N)cc(-n2c(=O)n(-c3ccc(Oc4ccccc4)cc3C)c3cnc(N)nc32)c1. The Kier molecular flexibility index (Phi) is 5.14. The maximum absolute atomic E-state index is 13.7. The van der Waals surface area contributed by atoms with Crippen molar-refractivity contribution in [3.63, 3.8) is 0 Å². The van der Waals surface area contributed by atoms with Crippen molar-refractivity contribution >= 4 is 22.8 Å². The molecule has 0 spiro atoms. The van der Waals surface area contributed by atoms with Gasteiger partial charge in [-0.1, -0.05) is 18.2 Å². The fraction of sp³-hybridized carbons (Fsp3) is 0.0800. The molecule has 0 saturated carbocycles. The van der Waals surface area contributed by atoms with E-state index in [1.165, 1.54) is 17.9 Å². The molecule has 2 heterocycles. The first-order valence-corrected chi connectivity index (χ1v) is 10.5. The number of methoxy groups -OCH3 is 1. The Bertz CT molecular complexity index is 1570. The zero-order valence-corrected chi connectivity index (χ0v) is 18.6. The number of hydrogen-bond donors (Lipinski definition) is 2. The van der Waals surface area contributed by atoms with Gasteiger partial charge >= 0.3 is 5.69 Å². The van der Waals surface area contributed by atoms with Gasteiger partial charge in [0.25, 0.3) is 0 Å². The van der Waals surface area contributed by atoms with Crippen molar-refractivity contribution in [3.05, 3.63) is 89.0 Å². The fourth-order valence-corrected chi connectivity index (χ4v) is 3.88. The molecule has 9 nitrogen and oxygen atoms in total. The number of imidazole rings is 1. The second-order valence-corrected chi connectivity index (χ2v) is 7.72. The number of anilines is 2. The highest BCUT2D eigenvalue weighted by Gasteiger charge is 2.20. The van der Waals surface area contributed by atoms with Crippen LogP contribution in [0.3, 0.4) is 0 Å². The summed E-state index contributed by atoms with van der Waals surface area (Å²) in [6, 6.07) is 20.1. The van der Waals surface area contributed by atoms with E-state index in [4.69, 9.17) is 20.9 Å². The van der Waals surface area contributed by atoms with Gasteiger partial charge in [0.05, 0.1) is 24.7 Å². The largest absolute Gasteiger partial charge is 0.497 e. The van der Waals surface area contributed by atoms with Crippen LogP contribution in [0.25, 0.3) is 22.5 Å². The van der Waals surface area contributed by atoms with Gasteiger partial charge in [0.1, 0.15) is 22.8 Å². The molecule has 0 aliphatic rings. The topological polar surface area (TPSA) is 123 Å². The molecule has 0 unspecified atom stereocenters. The smallest absolute Gasteiger partial charge is 0.339 e. The molecule has 170 valence electrons. The number of nitrogens with zero attached hydrogens (tertiary/aromatic N) is 4. The number of aromatic nitrogens is 4. The van der Waals surface area contributed by atoms with Crippen LogP contribution >= 0.6 is 0 Å². The predicted molar refractivity (Wildman–Crippen MR) is 131 cm³/mol. The summed E-state index contributed by atoms with van der Waals surface area (Å²) >= 11 is 0. The number of benzene rings is 3. The minimum Gasteiger partial charge on any atom is -0.497 e. The summed E-state index contributed by atoms with van der Waals surface area (Å²) < 4.78 is 14.3. The molecule has 0 saturated heterocycles. The van der Waals surface area contributed by atoms with E-state index in [1.807, 2.05) is 55.5 Å². The lowest BCUT2D eigenvalue weighted by Crippen LogP contribution is -2.23. The highest BCUT2D eigenvalue weighted by Crippen LogP contribution is 2.28. The zero-order valence-electron chi connectivity index (χ0n) is 18.6. The summed E-state index contributed by atoms with van der Waals surface area (Å²) in [6.07, 6.45) is 1.53. The zero-order chi connectivity index (χ0) is 23.8. The van der Waals surface area contributed by atoms with Crippen molar-refractivity contribution in [1.82, 2.24) is 19.1 Å². The number of fused-ring (bicyclic) bond motifs is 1. The molecule has 0 bridgehead atoms. The van der Waals surface area contributed by atoms with Crippen LogP contribution in [-0.2, 0) is 0 Å². The second kappa shape index (κ2) is 8.28. The number of nitrogens with two attached hydrogens (primary N) is 2. The van der Waals surface area contributed by atoms with Gasteiger partial charge in [0.15, 0.2) is 5.65 Å². The summed E-state index contributed by atoms with van der Waals surface area (Å²) in [5, 5.41) is 0. The van der Waals surface area contributed by atoms with Crippen LogP contribution in [0.4, 0.5) is 11.6 Å². The highest BCUT2D eigenvalue weighted by molar-refractivity contribution is 5.77. The van der Waals surface area contributed by atoms with Gasteiger partial charge in [-0.15, -0.1) is 0 Å². The lowest BCUT2D eigenvalue weighted by atomic mass is 10.2. The third-order valence-electron chi connectivity index (χ3n) is 5.40.